The number of rotatable bonds is 3. The normalized spacial score (nSPS) is 11.2. The monoisotopic (exact) mass is 316 g/mol. The van der Waals surface area contributed by atoms with Crippen LogP contribution in [-0.4, -0.2) is 13.1 Å². The fourth-order valence-electron chi connectivity index (χ4n) is 1.71. The van der Waals surface area contributed by atoms with E-state index in [0.29, 0.717) is 4.48 Å². The fraction of sp³-hybridized carbons (Fsp3) is 0.0625. The van der Waals surface area contributed by atoms with Crippen LogP contribution in [-0.2, 0) is 9.53 Å². The number of methoxy groups -OCH3 is 1. The summed E-state index contributed by atoms with van der Waals surface area (Å²) in [5, 5.41) is 0. The van der Waals surface area contributed by atoms with E-state index < -0.39 is 0 Å². The number of carbonyl (C=O) groups is 1. The molecule has 2 rings (SSSR count). The first kappa shape index (κ1) is 13.6. The maximum absolute atomic E-state index is 11.3. The highest BCUT2D eigenvalue weighted by Gasteiger charge is 2.05. The highest BCUT2D eigenvalue weighted by Crippen LogP contribution is 2.21. The summed E-state index contributed by atoms with van der Waals surface area (Å²) in [6.45, 7) is 0. The minimum atomic E-state index is -0.382. The highest BCUT2D eigenvalue weighted by molar-refractivity contribution is 9.12. The van der Waals surface area contributed by atoms with Gasteiger partial charge in [-0.3, -0.25) is 0 Å². The number of esters is 1. The molecular weight excluding hydrogens is 304 g/mol. The summed E-state index contributed by atoms with van der Waals surface area (Å²) in [4.78, 5) is 11.3. The predicted molar refractivity (Wildman–Crippen MR) is 80.8 cm³/mol. The summed E-state index contributed by atoms with van der Waals surface area (Å²) in [7, 11) is 1.36. The van der Waals surface area contributed by atoms with Gasteiger partial charge in [-0.05, 0) is 38.7 Å². The van der Waals surface area contributed by atoms with Crippen LogP contribution in [0.1, 0.15) is 5.56 Å². The predicted octanol–water partition coefficient (Wildman–Crippen LogP) is 4.26. The third-order valence-corrected chi connectivity index (χ3v) is 3.24. The second-order valence-corrected chi connectivity index (χ2v) is 4.83. The van der Waals surface area contributed by atoms with Crippen LogP contribution in [0.25, 0.3) is 17.2 Å². The van der Waals surface area contributed by atoms with E-state index in [1.54, 1.807) is 6.08 Å². The SMILES string of the molecule is COC(=O)C(Br)=Cc1ccc(-c2ccccc2)cc1. The van der Waals surface area contributed by atoms with E-state index in [-0.39, 0.29) is 5.97 Å². The quantitative estimate of drug-likeness (QED) is 0.624. The molecule has 0 fully saturated rings. The van der Waals surface area contributed by atoms with Gasteiger partial charge < -0.3 is 4.74 Å². The lowest BCUT2D eigenvalue weighted by atomic mass is 10.0. The van der Waals surface area contributed by atoms with Crippen LogP contribution in [0.15, 0.2) is 59.1 Å². The number of ether oxygens (including phenoxy) is 1. The largest absolute Gasteiger partial charge is 0.465 e. The summed E-state index contributed by atoms with van der Waals surface area (Å²) >= 11 is 3.19. The zero-order valence-corrected chi connectivity index (χ0v) is 12.1. The number of hydrogen-bond donors (Lipinski definition) is 0. The number of hydrogen-bond acceptors (Lipinski definition) is 2. The van der Waals surface area contributed by atoms with Crippen molar-refractivity contribution in [3.8, 4) is 11.1 Å². The molecule has 0 radical (unpaired) electrons. The van der Waals surface area contributed by atoms with Crippen molar-refractivity contribution in [2.75, 3.05) is 7.11 Å². The van der Waals surface area contributed by atoms with Gasteiger partial charge in [-0.2, -0.15) is 0 Å². The number of halogens is 1. The van der Waals surface area contributed by atoms with E-state index in [9.17, 15) is 4.79 Å². The van der Waals surface area contributed by atoms with Gasteiger partial charge in [0.25, 0.3) is 0 Å². The van der Waals surface area contributed by atoms with E-state index in [0.717, 1.165) is 11.1 Å². The van der Waals surface area contributed by atoms with Crippen molar-refractivity contribution in [2.24, 2.45) is 0 Å². The van der Waals surface area contributed by atoms with Gasteiger partial charge in [0.15, 0.2) is 0 Å². The molecule has 19 heavy (non-hydrogen) atoms. The Morgan fingerprint density at radius 2 is 1.58 bits per heavy atom. The van der Waals surface area contributed by atoms with Crippen LogP contribution < -0.4 is 0 Å². The molecule has 0 spiro atoms. The molecular formula is C16H13BrO2. The van der Waals surface area contributed by atoms with Crippen LogP contribution in [0.2, 0.25) is 0 Å². The Hall–Kier alpha value is -1.87. The molecule has 0 atom stereocenters. The molecule has 3 heteroatoms. The van der Waals surface area contributed by atoms with Crippen LogP contribution in [0.3, 0.4) is 0 Å². The summed E-state index contributed by atoms with van der Waals surface area (Å²) in [5.41, 5.74) is 3.26. The molecule has 2 aromatic rings. The topological polar surface area (TPSA) is 26.3 Å². The van der Waals surface area contributed by atoms with Crippen molar-refractivity contribution >= 4 is 28.0 Å². The standard InChI is InChI=1S/C16H13BrO2/c1-19-16(18)15(17)11-12-7-9-14(10-8-12)13-5-3-2-4-6-13/h2-11H,1H3. The Bertz CT molecular complexity index is 586. The van der Waals surface area contributed by atoms with Gasteiger partial charge in [0, 0.05) is 0 Å². The summed E-state index contributed by atoms with van der Waals surface area (Å²) in [6, 6.07) is 18.1. The van der Waals surface area contributed by atoms with Crippen LogP contribution in [0, 0.1) is 0 Å². The molecule has 96 valence electrons. The Morgan fingerprint density at radius 3 is 2.16 bits per heavy atom. The molecule has 0 aromatic heterocycles. The maximum atomic E-state index is 11.3. The smallest absolute Gasteiger partial charge is 0.344 e. The second-order valence-electron chi connectivity index (χ2n) is 3.97. The van der Waals surface area contributed by atoms with Crippen molar-refractivity contribution in [1.82, 2.24) is 0 Å². The van der Waals surface area contributed by atoms with Crippen LogP contribution >= 0.6 is 15.9 Å². The first-order chi connectivity index (χ1) is 9.20. The molecule has 0 saturated heterocycles. The Labute approximate surface area is 120 Å². The van der Waals surface area contributed by atoms with E-state index in [1.165, 1.54) is 12.7 Å². The van der Waals surface area contributed by atoms with Gasteiger partial charge >= 0.3 is 5.97 Å². The van der Waals surface area contributed by atoms with Crippen molar-refractivity contribution < 1.29 is 9.53 Å². The average Bonchev–Trinajstić information content (AvgIpc) is 2.48. The minimum absolute atomic E-state index is 0.382. The highest BCUT2D eigenvalue weighted by atomic mass is 79.9. The van der Waals surface area contributed by atoms with Crippen molar-refractivity contribution in [1.29, 1.82) is 0 Å². The van der Waals surface area contributed by atoms with Gasteiger partial charge in [0.05, 0.1) is 7.11 Å². The Morgan fingerprint density at radius 1 is 1.00 bits per heavy atom. The van der Waals surface area contributed by atoms with Gasteiger partial charge in [0.1, 0.15) is 4.48 Å². The lowest BCUT2D eigenvalue weighted by Gasteiger charge is -2.02. The molecule has 0 heterocycles. The molecule has 0 aliphatic rings. The fourth-order valence-corrected chi connectivity index (χ4v) is 2.13. The zero-order chi connectivity index (χ0) is 13.7. The van der Waals surface area contributed by atoms with E-state index >= 15 is 0 Å². The Balaban J connectivity index is 2.22. The zero-order valence-electron chi connectivity index (χ0n) is 10.5. The third kappa shape index (κ3) is 3.55. The first-order valence-electron chi connectivity index (χ1n) is 5.81. The number of carbonyl (C=O) groups excluding carboxylic acids is 1. The Kier molecular flexibility index (Phi) is 4.53. The summed E-state index contributed by atoms with van der Waals surface area (Å²) in [6.07, 6.45) is 1.74. The van der Waals surface area contributed by atoms with Gasteiger partial charge in [-0.1, -0.05) is 54.6 Å². The van der Waals surface area contributed by atoms with Crippen LogP contribution in [0.4, 0.5) is 0 Å². The average molecular weight is 317 g/mol. The minimum Gasteiger partial charge on any atom is -0.465 e. The van der Waals surface area contributed by atoms with Crippen molar-refractivity contribution in [2.45, 2.75) is 0 Å². The summed E-state index contributed by atoms with van der Waals surface area (Å²) < 4.78 is 5.03. The molecule has 2 aromatic carbocycles. The summed E-state index contributed by atoms with van der Waals surface area (Å²) in [5.74, 6) is -0.382. The molecule has 0 unspecified atom stereocenters. The molecule has 0 bridgehead atoms. The number of benzene rings is 2. The lowest BCUT2D eigenvalue weighted by Crippen LogP contribution is -1.98. The van der Waals surface area contributed by atoms with E-state index in [4.69, 9.17) is 0 Å². The van der Waals surface area contributed by atoms with Gasteiger partial charge in [-0.25, -0.2) is 4.79 Å². The molecule has 0 saturated carbocycles. The first-order valence-corrected chi connectivity index (χ1v) is 6.61. The van der Waals surface area contributed by atoms with E-state index in [2.05, 4.69) is 32.8 Å². The second kappa shape index (κ2) is 6.34. The van der Waals surface area contributed by atoms with Crippen molar-refractivity contribution in [3.05, 3.63) is 64.6 Å². The molecule has 0 amide bonds. The molecule has 0 aliphatic heterocycles. The molecule has 2 nitrogen and oxygen atoms in total. The third-order valence-electron chi connectivity index (χ3n) is 2.69. The van der Waals surface area contributed by atoms with Gasteiger partial charge in [0.2, 0.25) is 0 Å². The van der Waals surface area contributed by atoms with E-state index in [1.807, 2.05) is 42.5 Å². The molecule has 0 N–H and O–H groups in total. The van der Waals surface area contributed by atoms with Gasteiger partial charge in [-0.15, -0.1) is 0 Å². The molecule has 0 aliphatic carbocycles. The van der Waals surface area contributed by atoms with Crippen molar-refractivity contribution in [3.63, 3.8) is 0 Å². The lowest BCUT2D eigenvalue weighted by molar-refractivity contribution is -0.135. The van der Waals surface area contributed by atoms with Crippen LogP contribution in [0.5, 0.6) is 0 Å². The maximum Gasteiger partial charge on any atom is 0.344 e.